The van der Waals surface area contributed by atoms with Gasteiger partial charge in [0.25, 0.3) is 5.91 Å². The number of nitrogens with zero attached hydrogens (tertiary/aromatic N) is 2. The molecule has 1 aromatic carbocycles. The van der Waals surface area contributed by atoms with Crippen molar-refractivity contribution < 1.29 is 14.7 Å². The third kappa shape index (κ3) is 3.96. The van der Waals surface area contributed by atoms with Gasteiger partial charge in [0.1, 0.15) is 0 Å². The maximum absolute atomic E-state index is 12.7. The van der Waals surface area contributed by atoms with Crippen molar-refractivity contribution in [1.29, 1.82) is 0 Å². The van der Waals surface area contributed by atoms with Gasteiger partial charge in [0.15, 0.2) is 0 Å². The first-order valence-corrected chi connectivity index (χ1v) is 8.83. The van der Waals surface area contributed by atoms with Crippen LogP contribution < -0.4 is 0 Å². The molecular weight excluding hydrogens is 304 g/mol. The Labute approximate surface area is 143 Å². The lowest BCUT2D eigenvalue weighted by Crippen LogP contribution is -2.47. The molecule has 2 fully saturated rings. The highest BCUT2D eigenvalue weighted by molar-refractivity contribution is 5.94. The van der Waals surface area contributed by atoms with E-state index in [0.717, 1.165) is 25.7 Å². The first-order chi connectivity index (χ1) is 11.6. The molecule has 1 N–H and O–H groups in total. The van der Waals surface area contributed by atoms with Gasteiger partial charge in [-0.3, -0.25) is 9.59 Å². The normalized spacial score (nSPS) is 22.1. The number of carbonyl (C=O) groups is 2. The minimum atomic E-state index is -0.412. The van der Waals surface area contributed by atoms with Gasteiger partial charge in [0.2, 0.25) is 5.91 Å². The molecule has 1 saturated heterocycles. The fourth-order valence-electron chi connectivity index (χ4n) is 3.44. The zero-order chi connectivity index (χ0) is 17.1. The molecule has 2 aliphatic rings. The molecule has 3 rings (SSSR count). The summed E-state index contributed by atoms with van der Waals surface area (Å²) >= 11 is 0. The van der Waals surface area contributed by atoms with Crippen LogP contribution in [-0.4, -0.2) is 59.5 Å². The fraction of sp³-hybridized carbons (Fsp3) is 0.579. The lowest BCUT2D eigenvalue weighted by Gasteiger charge is -2.34. The number of amides is 2. The summed E-state index contributed by atoms with van der Waals surface area (Å²) in [6, 6.07) is 9.22. The van der Waals surface area contributed by atoms with Crippen LogP contribution in [-0.2, 0) is 4.79 Å². The van der Waals surface area contributed by atoms with E-state index in [1.54, 1.807) is 16.8 Å². The van der Waals surface area contributed by atoms with Gasteiger partial charge in [-0.1, -0.05) is 18.2 Å². The minimum absolute atomic E-state index is 0.00577. The predicted molar refractivity (Wildman–Crippen MR) is 91.4 cm³/mol. The minimum Gasteiger partial charge on any atom is -0.391 e. The second kappa shape index (κ2) is 7.34. The molecule has 0 aromatic heterocycles. The van der Waals surface area contributed by atoms with Crippen molar-refractivity contribution in [2.75, 3.05) is 26.7 Å². The van der Waals surface area contributed by atoms with Gasteiger partial charge in [-0.2, -0.15) is 0 Å². The summed E-state index contributed by atoms with van der Waals surface area (Å²) in [4.78, 5) is 28.7. The van der Waals surface area contributed by atoms with E-state index in [1.807, 2.05) is 30.3 Å². The van der Waals surface area contributed by atoms with Crippen molar-refractivity contribution in [3.05, 3.63) is 35.9 Å². The Kier molecular flexibility index (Phi) is 5.19. The molecule has 2 atom stereocenters. The molecule has 0 radical (unpaired) electrons. The smallest absolute Gasteiger partial charge is 0.253 e. The van der Waals surface area contributed by atoms with Gasteiger partial charge < -0.3 is 14.9 Å². The highest BCUT2D eigenvalue weighted by atomic mass is 16.3. The lowest BCUT2D eigenvalue weighted by atomic mass is 9.95. The van der Waals surface area contributed by atoms with Crippen molar-refractivity contribution in [1.82, 2.24) is 9.80 Å². The number of aliphatic hydroxyl groups is 1. The largest absolute Gasteiger partial charge is 0.391 e. The topological polar surface area (TPSA) is 60.9 Å². The van der Waals surface area contributed by atoms with Crippen LogP contribution in [0.4, 0.5) is 0 Å². The second-order valence-electron chi connectivity index (χ2n) is 7.08. The second-order valence-corrected chi connectivity index (χ2v) is 7.08. The Morgan fingerprint density at radius 1 is 1.25 bits per heavy atom. The van der Waals surface area contributed by atoms with E-state index in [-0.39, 0.29) is 17.7 Å². The van der Waals surface area contributed by atoms with E-state index in [1.165, 1.54) is 0 Å². The van der Waals surface area contributed by atoms with E-state index in [9.17, 15) is 14.7 Å². The highest BCUT2D eigenvalue weighted by Crippen LogP contribution is 2.33. The number of likely N-dealkylation sites (tertiary alicyclic amines) is 1. The SMILES string of the molecule is CN(CC(O)C1CC1)C(=O)C1CCCN(C(=O)c2ccccc2)C1. The Bertz CT molecular complexity index is 586. The monoisotopic (exact) mass is 330 g/mol. The average Bonchev–Trinajstić information content (AvgIpc) is 3.46. The van der Waals surface area contributed by atoms with Gasteiger partial charge in [-0.05, 0) is 43.7 Å². The summed E-state index contributed by atoms with van der Waals surface area (Å²) in [7, 11) is 1.76. The van der Waals surface area contributed by atoms with Gasteiger partial charge in [0.05, 0.1) is 12.0 Å². The maximum atomic E-state index is 12.7. The molecular formula is C19H26N2O3. The van der Waals surface area contributed by atoms with Crippen LogP contribution in [0, 0.1) is 11.8 Å². The molecule has 1 saturated carbocycles. The highest BCUT2D eigenvalue weighted by Gasteiger charge is 2.34. The molecule has 0 spiro atoms. The maximum Gasteiger partial charge on any atom is 0.253 e. The molecule has 1 aliphatic heterocycles. The summed E-state index contributed by atoms with van der Waals surface area (Å²) in [5.74, 6) is 0.236. The number of piperidine rings is 1. The average molecular weight is 330 g/mol. The molecule has 24 heavy (non-hydrogen) atoms. The first-order valence-electron chi connectivity index (χ1n) is 8.83. The quantitative estimate of drug-likeness (QED) is 0.895. The van der Waals surface area contributed by atoms with E-state index in [0.29, 0.717) is 31.1 Å². The van der Waals surface area contributed by atoms with E-state index in [4.69, 9.17) is 0 Å². The number of carbonyl (C=O) groups excluding carboxylic acids is 2. The lowest BCUT2D eigenvalue weighted by molar-refractivity contribution is -0.137. The van der Waals surface area contributed by atoms with Gasteiger partial charge in [-0.25, -0.2) is 0 Å². The number of hydrogen-bond acceptors (Lipinski definition) is 3. The van der Waals surface area contributed by atoms with Crippen LogP contribution >= 0.6 is 0 Å². The van der Waals surface area contributed by atoms with Crippen LogP contribution in [0.15, 0.2) is 30.3 Å². The molecule has 1 aromatic rings. The van der Waals surface area contributed by atoms with Crippen LogP contribution in [0.5, 0.6) is 0 Å². The summed E-state index contributed by atoms with van der Waals surface area (Å²) in [6.07, 6.45) is 3.36. The molecule has 1 heterocycles. The number of benzene rings is 1. The molecule has 5 nitrogen and oxygen atoms in total. The Hall–Kier alpha value is -1.88. The van der Waals surface area contributed by atoms with Crippen molar-refractivity contribution >= 4 is 11.8 Å². The fourth-order valence-corrected chi connectivity index (χ4v) is 3.44. The van der Waals surface area contributed by atoms with E-state index < -0.39 is 6.10 Å². The molecule has 2 amide bonds. The van der Waals surface area contributed by atoms with E-state index in [2.05, 4.69) is 0 Å². The predicted octanol–water partition coefficient (Wildman–Crippen LogP) is 1.77. The summed E-state index contributed by atoms with van der Waals surface area (Å²) in [5.41, 5.74) is 0.670. The van der Waals surface area contributed by atoms with Crippen molar-refractivity contribution in [3.8, 4) is 0 Å². The van der Waals surface area contributed by atoms with Crippen LogP contribution in [0.25, 0.3) is 0 Å². The van der Waals surface area contributed by atoms with E-state index >= 15 is 0 Å². The molecule has 5 heteroatoms. The van der Waals surface area contributed by atoms with Crippen molar-refractivity contribution in [2.24, 2.45) is 11.8 Å². The third-order valence-corrected chi connectivity index (χ3v) is 5.08. The van der Waals surface area contributed by atoms with Crippen molar-refractivity contribution in [2.45, 2.75) is 31.8 Å². The zero-order valence-electron chi connectivity index (χ0n) is 14.2. The number of likely N-dealkylation sites (N-methyl/N-ethyl adjacent to an activating group) is 1. The Morgan fingerprint density at radius 3 is 2.62 bits per heavy atom. The Balaban J connectivity index is 1.58. The summed E-state index contributed by atoms with van der Waals surface area (Å²) in [6.45, 7) is 1.56. The zero-order valence-corrected chi connectivity index (χ0v) is 14.2. The molecule has 1 aliphatic carbocycles. The van der Waals surface area contributed by atoms with Crippen molar-refractivity contribution in [3.63, 3.8) is 0 Å². The van der Waals surface area contributed by atoms with Gasteiger partial charge in [0, 0.05) is 32.2 Å². The third-order valence-electron chi connectivity index (χ3n) is 5.08. The number of aliphatic hydroxyl groups excluding tert-OH is 1. The van der Waals surface area contributed by atoms with Crippen LogP contribution in [0.1, 0.15) is 36.0 Å². The summed E-state index contributed by atoms with van der Waals surface area (Å²) in [5, 5.41) is 10.0. The number of rotatable bonds is 5. The van der Waals surface area contributed by atoms with Gasteiger partial charge >= 0.3 is 0 Å². The standard InChI is InChI=1S/C19H26N2O3/c1-20(13-17(22)14-9-10-14)18(23)16-8-5-11-21(12-16)19(24)15-6-3-2-4-7-15/h2-4,6-7,14,16-17,22H,5,8-13H2,1H3. The Morgan fingerprint density at radius 2 is 1.96 bits per heavy atom. The van der Waals surface area contributed by atoms with Gasteiger partial charge in [-0.15, -0.1) is 0 Å². The van der Waals surface area contributed by atoms with Crippen LogP contribution in [0.3, 0.4) is 0 Å². The molecule has 0 bridgehead atoms. The number of hydrogen-bond donors (Lipinski definition) is 1. The summed E-state index contributed by atoms with van der Waals surface area (Å²) < 4.78 is 0. The molecule has 2 unspecified atom stereocenters. The molecule has 130 valence electrons. The first kappa shape index (κ1) is 17.0. The van der Waals surface area contributed by atoms with Crippen LogP contribution in [0.2, 0.25) is 0 Å².